The van der Waals surface area contributed by atoms with Crippen LogP contribution in [0.2, 0.25) is 0 Å². The molecule has 0 fully saturated rings. The normalized spacial score (nSPS) is 12.6. The fraction of sp³-hybridized carbons (Fsp3) is 0. The van der Waals surface area contributed by atoms with Gasteiger partial charge in [-0.3, -0.25) is 0 Å². The summed E-state index contributed by atoms with van der Waals surface area (Å²) in [5.41, 5.74) is 0. The van der Waals surface area contributed by atoms with E-state index >= 15 is 0 Å². The first-order valence-electron chi connectivity index (χ1n) is 4.00. The quantitative estimate of drug-likeness (QED) is 0.239. The number of hydrogen-bond donors (Lipinski definition) is 0. The maximum atomic E-state index is 9.38. The molecule has 21 nitrogen and oxygen atoms in total. The Bertz CT molecular complexity index is 854. The van der Waals surface area contributed by atoms with Gasteiger partial charge in [-0.1, -0.05) is 0 Å². The van der Waals surface area contributed by atoms with Gasteiger partial charge in [-0.2, -0.15) is 0 Å². The third-order valence-electron chi connectivity index (χ3n) is 0.500. The number of hydrogen-bond acceptors (Lipinski definition) is 21. The zero-order chi connectivity index (χ0) is 23.1. The molecular formula is Cr6In2O21. The Morgan fingerprint density at radius 3 is 0.379 bits per heavy atom. The van der Waals surface area contributed by atoms with E-state index in [1.54, 1.807) is 0 Å². The molecule has 0 aromatic heterocycles. The van der Waals surface area contributed by atoms with E-state index in [-0.39, 0.29) is 51.7 Å². The molecule has 0 saturated heterocycles. The van der Waals surface area contributed by atoms with Crippen molar-refractivity contribution in [2.45, 2.75) is 0 Å². The van der Waals surface area contributed by atoms with Crippen molar-refractivity contribution in [2.24, 2.45) is 0 Å². The summed E-state index contributed by atoms with van der Waals surface area (Å²) in [4.78, 5) is 0. The summed E-state index contributed by atoms with van der Waals surface area (Å²) >= 11 is -36.4. The average Bonchev–Trinajstić information content (AvgIpc) is 1.96. The third-order valence-corrected chi connectivity index (χ3v) is 8.50. The fourth-order valence-corrected chi connectivity index (χ4v) is 5.21. The molecule has 0 heterocycles. The first-order valence-corrected chi connectivity index (χ1v) is 16.5. The molecule has 0 amide bonds. The Morgan fingerprint density at radius 1 is 0.310 bits per heavy atom. The van der Waals surface area contributed by atoms with Gasteiger partial charge in [-0.25, -0.2) is 0 Å². The first kappa shape index (κ1) is 41.4. The van der Waals surface area contributed by atoms with Gasteiger partial charge in [-0.05, 0) is 0 Å². The summed E-state index contributed by atoms with van der Waals surface area (Å²) in [5, 5.41) is 0. The van der Waals surface area contributed by atoms with Crippen molar-refractivity contribution in [1.82, 2.24) is 0 Å². The molecule has 29 heteroatoms. The van der Waals surface area contributed by atoms with Gasteiger partial charge >= 0.3 is 212 Å². The minimum absolute atomic E-state index is 0. The molecule has 0 unspecified atom stereocenters. The van der Waals surface area contributed by atoms with E-state index in [1.807, 2.05) is 0 Å². The molecule has 0 atom stereocenters. The Morgan fingerprint density at radius 2 is 0.379 bits per heavy atom. The van der Waals surface area contributed by atoms with Crippen LogP contribution in [0.3, 0.4) is 0 Å². The van der Waals surface area contributed by atoms with Crippen molar-refractivity contribution >= 4 is 51.7 Å². The van der Waals surface area contributed by atoms with Crippen LogP contribution in [0.25, 0.3) is 0 Å². The fourth-order valence-electron chi connectivity index (χ4n) is 0.306. The molecule has 0 spiro atoms. The van der Waals surface area contributed by atoms with Crippen LogP contribution < -0.4 is 24.9 Å². The minimum atomic E-state index is -6.07. The molecule has 0 aromatic carbocycles. The third kappa shape index (κ3) is 58.9. The van der Waals surface area contributed by atoms with E-state index in [0.29, 0.717) is 0 Å². The molecule has 0 N–H and O–H groups in total. The molecule has 29 heavy (non-hydrogen) atoms. The second-order valence-electron chi connectivity index (χ2n) is 2.65. The average molecular weight is 878 g/mol. The van der Waals surface area contributed by atoms with Crippen molar-refractivity contribution < 1.29 is 161 Å². The van der Waals surface area contributed by atoms with Crippen LogP contribution in [-0.4, -0.2) is 51.7 Å². The molecule has 0 radical (unpaired) electrons. The Balaban J connectivity index is -0.0000000960. The maximum absolute atomic E-state index is 9.38. The van der Waals surface area contributed by atoms with Crippen molar-refractivity contribution in [2.75, 3.05) is 0 Å². The summed E-state index contributed by atoms with van der Waals surface area (Å²) in [5.74, 6) is 0. The zero-order valence-electron chi connectivity index (χ0n) is 12.2. The Kier molecular flexibility index (Phi) is 21.6. The number of rotatable bonds is 6. The van der Waals surface area contributed by atoms with Gasteiger partial charge in [0.15, 0.2) is 0 Å². The predicted molar refractivity (Wildman–Crippen MR) is 23.0 cm³/mol. The SMILES string of the molecule is [In+3].[In+3].[O]=[Cr](=[O])([O-])[O][Cr](=[O])(=[O])[O-].[O]=[Cr](=[O])([O-])[O][Cr](=[O])(=[O])[O-].[O]=[Cr](=[O])([O-])[O][Cr](=[O])(=[O])[O-]. The molecule has 0 bridgehead atoms. The molecule has 0 aliphatic heterocycles. The van der Waals surface area contributed by atoms with Crippen molar-refractivity contribution in [3.05, 3.63) is 0 Å². The van der Waals surface area contributed by atoms with Crippen LogP contribution in [0, 0.1) is 0 Å². The van der Waals surface area contributed by atoms with Gasteiger partial charge in [-0.15, -0.1) is 0 Å². The standard InChI is InChI=1S/6Cr.2In.21O/q;;;;;;2*+3;;;;;;;;;;;;;;;;6*-1. The topological polar surface area (TPSA) is 371 Å². The van der Waals surface area contributed by atoms with Crippen molar-refractivity contribution in [3.63, 3.8) is 0 Å². The van der Waals surface area contributed by atoms with Gasteiger partial charge in [0.25, 0.3) is 0 Å². The Labute approximate surface area is 209 Å². The monoisotopic (exact) mass is 877 g/mol. The van der Waals surface area contributed by atoms with Crippen LogP contribution >= 0.6 is 0 Å². The van der Waals surface area contributed by atoms with E-state index in [0.717, 1.165) is 0 Å². The predicted octanol–water partition coefficient (Wildman–Crippen LogP) is -9.54. The van der Waals surface area contributed by atoms with Crippen LogP contribution in [0.4, 0.5) is 0 Å². The van der Waals surface area contributed by atoms with E-state index in [9.17, 15) is 70.6 Å². The molecule has 0 saturated carbocycles. The summed E-state index contributed by atoms with van der Waals surface area (Å²) < 4.78 is 177. The van der Waals surface area contributed by atoms with Crippen LogP contribution in [-0.2, 0) is 136 Å². The first-order chi connectivity index (χ1) is 11.1. The summed E-state index contributed by atoms with van der Waals surface area (Å²) in [6, 6.07) is 0. The van der Waals surface area contributed by atoms with Gasteiger partial charge in [0.2, 0.25) is 0 Å². The van der Waals surface area contributed by atoms with Crippen LogP contribution in [0.15, 0.2) is 0 Å². The van der Waals surface area contributed by atoms with Gasteiger partial charge < -0.3 is 0 Å². The van der Waals surface area contributed by atoms with Gasteiger partial charge in [0, 0.05) is 0 Å². The molecule has 0 aliphatic carbocycles. The van der Waals surface area contributed by atoms with E-state index in [4.69, 9.17) is 0 Å². The zero-order valence-corrected chi connectivity index (χ0v) is 26.4. The summed E-state index contributed by atoms with van der Waals surface area (Å²) in [7, 11) is 0. The van der Waals surface area contributed by atoms with Gasteiger partial charge in [0.05, 0.1) is 0 Å². The van der Waals surface area contributed by atoms with Crippen molar-refractivity contribution in [3.8, 4) is 0 Å². The summed E-state index contributed by atoms with van der Waals surface area (Å²) in [6.45, 7) is 0. The molecule has 168 valence electrons. The molecule has 0 aromatic rings. The van der Waals surface area contributed by atoms with Crippen molar-refractivity contribution in [1.29, 1.82) is 0 Å². The molecule has 0 aliphatic rings. The van der Waals surface area contributed by atoms with E-state index < -0.39 is 81.7 Å². The van der Waals surface area contributed by atoms with E-state index in [1.165, 1.54) is 0 Å². The van der Waals surface area contributed by atoms with Gasteiger partial charge in [0.1, 0.15) is 0 Å². The van der Waals surface area contributed by atoms with E-state index in [2.05, 4.69) is 8.52 Å². The van der Waals surface area contributed by atoms with Crippen LogP contribution in [0.5, 0.6) is 0 Å². The molecular weight excluding hydrogens is 878 g/mol. The Hall–Kier alpha value is 2.18. The van der Waals surface area contributed by atoms with Crippen LogP contribution in [0.1, 0.15) is 0 Å². The summed E-state index contributed by atoms with van der Waals surface area (Å²) in [6.07, 6.45) is 0. The second-order valence-corrected chi connectivity index (χ2v) is 13.6. The molecule has 0 rings (SSSR count). The second kappa shape index (κ2) is 15.1.